The topological polar surface area (TPSA) is 65.2 Å². The molecule has 19 heavy (non-hydrogen) atoms. The van der Waals surface area contributed by atoms with Gasteiger partial charge in [0.25, 0.3) is 0 Å². The van der Waals surface area contributed by atoms with Gasteiger partial charge in [0, 0.05) is 4.90 Å². The molecule has 0 aliphatic carbocycles. The lowest BCUT2D eigenvalue weighted by atomic mass is 10.3. The number of nitriles is 1. The Labute approximate surface area is 114 Å². The Kier molecular flexibility index (Phi) is 5.38. The van der Waals surface area contributed by atoms with Crippen LogP contribution < -0.4 is 5.32 Å². The zero-order valence-electron chi connectivity index (χ0n) is 9.56. The molecule has 0 bridgehead atoms. The van der Waals surface area contributed by atoms with E-state index in [0.29, 0.717) is 10.9 Å². The van der Waals surface area contributed by atoms with Gasteiger partial charge in [-0.05, 0) is 30.5 Å². The van der Waals surface area contributed by atoms with E-state index in [1.807, 2.05) is 0 Å². The minimum absolute atomic E-state index is 0.312. The molecule has 4 nitrogen and oxygen atoms in total. The largest absolute Gasteiger partial charge is 0.475 e. The second kappa shape index (κ2) is 6.58. The Bertz CT molecular complexity index is 534. The van der Waals surface area contributed by atoms with Crippen molar-refractivity contribution in [3.8, 4) is 6.19 Å². The van der Waals surface area contributed by atoms with E-state index in [-0.39, 0.29) is 4.90 Å². The maximum atomic E-state index is 12.2. The first-order valence-electron chi connectivity index (χ1n) is 4.75. The molecular weight excluding hydrogens is 299 g/mol. The molecule has 0 spiro atoms. The van der Waals surface area contributed by atoms with E-state index < -0.39 is 16.3 Å². The third-order valence-electron chi connectivity index (χ3n) is 1.85. The Hall–Kier alpha value is -1.53. The summed E-state index contributed by atoms with van der Waals surface area (Å²) in [6.45, 7) is 0. The van der Waals surface area contributed by atoms with Gasteiger partial charge in [0.1, 0.15) is 0 Å². The number of halogens is 3. The van der Waals surface area contributed by atoms with E-state index >= 15 is 0 Å². The van der Waals surface area contributed by atoms with Crippen LogP contribution in [0, 0.1) is 11.5 Å². The van der Waals surface area contributed by atoms with E-state index in [9.17, 15) is 17.4 Å². The minimum atomic E-state index is -4.78. The summed E-state index contributed by atoms with van der Waals surface area (Å²) in [4.78, 5) is 3.65. The van der Waals surface area contributed by atoms with Gasteiger partial charge in [-0.25, -0.2) is 9.20 Å². The number of hydrogen-bond donors (Lipinski definition) is 1. The molecule has 0 aliphatic heterocycles. The van der Waals surface area contributed by atoms with Gasteiger partial charge < -0.3 is 0 Å². The SMILES string of the molecule is CSC(=Nc1ccc(S(=O)C(F)(F)F)cc1)NC#N. The average molecular weight is 307 g/mol. The molecule has 0 heterocycles. The summed E-state index contributed by atoms with van der Waals surface area (Å²) in [5, 5.41) is 11.1. The molecule has 0 radical (unpaired) electrons. The Morgan fingerprint density at radius 3 is 2.42 bits per heavy atom. The van der Waals surface area contributed by atoms with Gasteiger partial charge in [0.2, 0.25) is 0 Å². The van der Waals surface area contributed by atoms with Gasteiger partial charge in [-0.15, -0.1) is 0 Å². The summed E-state index contributed by atoms with van der Waals surface area (Å²) in [6, 6.07) is 4.78. The third-order valence-corrected chi connectivity index (χ3v) is 3.55. The minimum Gasteiger partial charge on any atom is -0.271 e. The van der Waals surface area contributed by atoms with Crippen LogP contribution in [0.5, 0.6) is 0 Å². The molecule has 1 rings (SSSR count). The molecule has 1 N–H and O–H groups in total. The highest BCUT2D eigenvalue weighted by molar-refractivity contribution is 8.13. The molecule has 1 atom stereocenters. The number of nitrogens with zero attached hydrogens (tertiary/aromatic N) is 2. The first kappa shape index (κ1) is 15.5. The lowest BCUT2D eigenvalue weighted by Gasteiger charge is -2.06. The van der Waals surface area contributed by atoms with E-state index in [4.69, 9.17) is 5.26 Å². The van der Waals surface area contributed by atoms with Gasteiger partial charge in [-0.1, -0.05) is 11.8 Å². The Morgan fingerprint density at radius 2 is 2.00 bits per heavy atom. The molecule has 1 unspecified atom stereocenters. The summed E-state index contributed by atoms with van der Waals surface area (Å²) in [6.07, 6.45) is 3.38. The molecule has 0 amide bonds. The van der Waals surface area contributed by atoms with Crippen molar-refractivity contribution in [2.45, 2.75) is 10.4 Å². The molecule has 0 fully saturated rings. The second-order valence-corrected chi connectivity index (χ2v) is 5.33. The van der Waals surface area contributed by atoms with Gasteiger partial charge >= 0.3 is 5.51 Å². The number of rotatable bonds is 2. The van der Waals surface area contributed by atoms with Crippen molar-refractivity contribution in [1.29, 1.82) is 5.26 Å². The van der Waals surface area contributed by atoms with Crippen LogP contribution in [0.25, 0.3) is 0 Å². The van der Waals surface area contributed by atoms with Crippen molar-refractivity contribution >= 4 is 33.4 Å². The molecule has 9 heteroatoms. The summed E-state index contributed by atoms with van der Waals surface area (Å²) in [7, 11) is -3.05. The molecule has 1 aromatic rings. The molecule has 0 aromatic heterocycles. The van der Waals surface area contributed by atoms with E-state index in [2.05, 4.69) is 10.3 Å². The molecule has 102 valence electrons. The van der Waals surface area contributed by atoms with Crippen molar-refractivity contribution in [2.75, 3.05) is 6.26 Å². The normalized spacial score (nSPS) is 13.7. The van der Waals surface area contributed by atoms with Gasteiger partial charge in [0.15, 0.2) is 22.2 Å². The number of hydrogen-bond acceptors (Lipinski definition) is 4. The highest BCUT2D eigenvalue weighted by atomic mass is 32.2. The van der Waals surface area contributed by atoms with E-state index in [1.165, 1.54) is 23.9 Å². The van der Waals surface area contributed by atoms with Crippen LogP contribution >= 0.6 is 11.8 Å². The Morgan fingerprint density at radius 1 is 1.42 bits per heavy atom. The number of alkyl halides is 3. The zero-order valence-corrected chi connectivity index (χ0v) is 11.2. The monoisotopic (exact) mass is 307 g/mol. The first-order valence-corrected chi connectivity index (χ1v) is 7.12. The summed E-state index contributed by atoms with van der Waals surface area (Å²) < 4.78 is 47.7. The number of benzene rings is 1. The third kappa shape index (κ3) is 4.57. The number of nitrogens with one attached hydrogen (secondary N) is 1. The lowest BCUT2D eigenvalue weighted by molar-refractivity contribution is -0.0384. The fourth-order valence-corrected chi connectivity index (χ4v) is 2.06. The predicted octanol–water partition coefficient (Wildman–Crippen LogP) is 2.74. The molecule has 1 aromatic carbocycles. The predicted molar refractivity (Wildman–Crippen MR) is 68.3 cm³/mol. The molecule has 0 saturated carbocycles. The summed E-state index contributed by atoms with van der Waals surface area (Å²) in [5.74, 6) is 0. The van der Waals surface area contributed by atoms with Crippen LogP contribution in [-0.4, -0.2) is 21.1 Å². The fourth-order valence-electron chi connectivity index (χ4n) is 1.07. The maximum Gasteiger partial charge on any atom is 0.475 e. The molecule has 0 saturated heterocycles. The zero-order chi connectivity index (χ0) is 14.5. The van der Waals surface area contributed by atoms with Crippen LogP contribution in [0.1, 0.15) is 0 Å². The molecule has 0 aliphatic rings. The smallest absolute Gasteiger partial charge is 0.271 e. The van der Waals surface area contributed by atoms with Crippen molar-refractivity contribution < 1.29 is 17.4 Å². The van der Waals surface area contributed by atoms with E-state index in [1.54, 1.807) is 12.4 Å². The maximum absolute atomic E-state index is 12.2. The van der Waals surface area contributed by atoms with Crippen LogP contribution in [0.3, 0.4) is 0 Å². The van der Waals surface area contributed by atoms with E-state index in [0.717, 1.165) is 12.1 Å². The first-order chi connectivity index (χ1) is 8.88. The van der Waals surface area contributed by atoms with Crippen molar-refractivity contribution in [1.82, 2.24) is 5.32 Å². The van der Waals surface area contributed by atoms with Crippen molar-refractivity contribution in [3.05, 3.63) is 24.3 Å². The standard InChI is InChI=1S/C10H8F3N3OS2/c1-18-9(15-6-14)16-7-2-4-8(5-3-7)19(17)10(11,12)13/h2-5H,1H3,(H,15,16). The van der Waals surface area contributed by atoms with Gasteiger partial charge in [0.05, 0.1) is 5.69 Å². The van der Waals surface area contributed by atoms with Gasteiger partial charge in [-0.3, -0.25) is 5.32 Å². The second-order valence-electron chi connectivity index (χ2n) is 3.07. The van der Waals surface area contributed by atoms with Crippen LogP contribution in [0.4, 0.5) is 18.9 Å². The highest BCUT2D eigenvalue weighted by Crippen LogP contribution is 2.27. The highest BCUT2D eigenvalue weighted by Gasteiger charge is 2.37. The van der Waals surface area contributed by atoms with Crippen LogP contribution in [0.2, 0.25) is 0 Å². The summed E-state index contributed by atoms with van der Waals surface area (Å²) in [5.41, 5.74) is -4.42. The number of amidine groups is 1. The van der Waals surface area contributed by atoms with Gasteiger partial charge in [-0.2, -0.15) is 18.4 Å². The average Bonchev–Trinajstić information content (AvgIpc) is 2.37. The Balaban J connectivity index is 2.95. The van der Waals surface area contributed by atoms with Crippen molar-refractivity contribution in [3.63, 3.8) is 0 Å². The van der Waals surface area contributed by atoms with Crippen LogP contribution in [-0.2, 0) is 10.8 Å². The lowest BCUT2D eigenvalue weighted by Crippen LogP contribution is -2.16. The number of thioether (sulfide) groups is 1. The number of aliphatic imine (C=N–C) groups is 1. The summed E-state index contributed by atoms with van der Waals surface area (Å²) >= 11 is 1.18. The molecular formula is C10H8F3N3OS2. The van der Waals surface area contributed by atoms with Crippen molar-refractivity contribution in [2.24, 2.45) is 4.99 Å². The fraction of sp³-hybridized carbons (Fsp3) is 0.200. The quantitative estimate of drug-likeness (QED) is 0.395. The van der Waals surface area contributed by atoms with Crippen LogP contribution in [0.15, 0.2) is 34.2 Å².